The molecule has 2 heterocycles. The second-order valence-electron chi connectivity index (χ2n) is 4.65. The fraction of sp³-hybridized carbons (Fsp3) is 0.538. The maximum absolute atomic E-state index is 12.3. The van der Waals surface area contributed by atoms with Crippen LogP contribution in [0.3, 0.4) is 0 Å². The Morgan fingerprint density at radius 2 is 2.11 bits per heavy atom. The monoisotopic (exact) mass is 265 g/mol. The van der Waals surface area contributed by atoms with Crippen LogP contribution >= 0.6 is 0 Å². The molecule has 1 saturated heterocycles. The van der Waals surface area contributed by atoms with E-state index < -0.39 is 0 Å². The summed E-state index contributed by atoms with van der Waals surface area (Å²) in [5.41, 5.74) is 0.303. The standard InChI is InChI=1S/C13H19N3O3/c17-9-8-15-4-1-5-16(7-6-15)13(19)11-2-3-12(18)14-10-11/h2-3,10,17H,1,4-9H2,(H,14,18). The van der Waals surface area contributed by atoms with Crippen LogP contribution in [-0.2, 0) is 0 Å². The van der Waals surface area contributed by atoms with Gasteiger partial charge in [-0.25, -0.2) is 0 Å². The molecule has 6 nitrogen and oxygen atoms in total. The first-order chi connectivity index (χ1) is 9.20. The zero-order valence-corrected chi connectivity index (χ0v) is 10.8. The molecule has 0 atom stereocenters. The molecule has 1 aromatic rings. The Balaban J connectivity index is 1.99. The van der Waals surface area contributed by atoms with E-state index in [4.69, 9.17) is 5.11 Å². The number of nitrogens with zero attached hydrogens (tertiary/aromatic N) is 2. The molecule has 0 bridgehead atoms. The van der Waals surface area contributed by atoms with Gasteiger partial charge in [0.05, 0.1) is 12.2 Å². The van der Waals surface area contributed by atoms with Gasteiger partial charge in [-0.3, -0.25) is 14.5 Å². The lowest BCUT2D eigenvalue weighted by molar-refractivity contribution is 0.0760. The van der Waals surface area contributed by atoms with Gasteiger partial charge in [-0.2, -0.15) is 0 Å². The number of hydrogen-bond donors (Lipinski definition) is 2. The molecular weight excluding hydrogens is 246 g/mol. The fourth-order valence-corrected chi connectivity index (χ4v) is 2.27. The van der Waals surface area contributed by atoms with Gasteiger partial charge in [0, 0.05) is 38.4 Å². The number of nitrogens with one attached hydrogen (secondary N) is 1. The Bertz CT molecular complexity index is 466. The van der Waals surface area contributed by atoms with Crippen molar-refractivity contribution in [1.82, 2.24) is 14.8 Å². The summed E-state index contributed by atoms with van der Waals surface area (Å²) in [7, 11) is 0. The van der Waals surface area contributed by atoms with Gasteiger partial charge in [0.15, 0.2) is 0 Å². The smallest absolute Gasteiger partial charge is 0.255 e. The second-order valence-corrected chi connectivity index (χ2v) is 4.65. The summed E-state index contributed by atoms with van der Waals surface area (Å²) in [5, 5.41) is 8.93. The van der Waals surface area contributed by atoms with Gasteiger partial charge in [-0.05, 0) is 19.0 Å². The van der Waals surface area contributed by atoms with Crippen LogP contribution in [0.2, 0.25) is 0 Å². The number of rotatable bonds is 3. The van der Waals surface area contributed by atoms with Crippen LogP contribution in [0.1, 0.15) is 16.8 Å². The van der Waals surface area contributed by atoms with Crippen molar-refractivity contribution < 1.29 is 9.90 Å². The summed E-state index contributed by atoms with van der Waals surface area (Å²) >= 11 is 0. The molecule has 0 saturated carbocycles. The normalized spacial score (nSPS) is 17.2. The van der Waals surface area contributed by atoms with Crippen molar-refractivity contribution in [2.24, 2.45) is 0 Å². The van der Waals surface area contributed by atoms with Crippen LogP contribution < -0.4 is 5.56 Å². The maximum atomic E-state index is 12.3. The van der Waals surface area contributed by atoms with Crippen LogP contribution in [-0.4, -0.2) is 65.1 Å². The van der Waals surface area contributed by atoms with Crippen molar-refractivity contribution >= 4 is 5.91 Å². The molecule has 0 aliphatic carbocycles. The molecule has 0 aromatic carbocycles. The SMILES string of the molecule is O=C(c1ccc(=O)[nH]c1)N1CCCN(CCO)CC1. The van der Waals surface area contributed by atoms with Crippen molar-refractivity contribution in [2.45, 2.75) is 6.42 Å². The molecule has 104 valence electrons. The van der Waals surface area contributed by atoms with E-state index in [1.165, 1.54) is 12.3 Å². The van der Waals surface area contributed by atoms with E-state index in [1.54, 1.807) is 11.0 Å². The summed E-state index contributed by atoms with van der Waals surface area (Å²) < 4.78 is 0. The molecular formula is C13H19N3O3. The highest BCUT2D eigenvalue weighted by Gasteiger charge is 2.19. The third kappa shape index (κ3) is 3.65. The molecule has 0 radical (unpaired) electrons. The predicted octanol–water partition coefficient (Wildman–Crippen LogP) is -0.485. The average molecular weight is 265 g/mol. The maximum Gasteiger partial charge on any atom is 0.255 e. The molecule has 1 aliphatic rings. The Morgan fingerprint density at radius 3 is 2.79 bits per heavy atom. The zero-order chi connectivity index (χ0) is 13.7. The highest BCUT2D eigenvalue weighted by molar-refractivity contribution is 5.93. The highest BCUT2D eigenvalue weighted by atomic mass is 16.3. The molecule has 6 heteroatoms. The molecule has 1 aliphatic heterocycles. The summed E-state index contributed by atoms with van der Waals surface area (Å²) in [6, 6.07) is 2.92. The van der Waals surface area contributed by atoms with Crippen molar-refractivity contribution in [3.63, 3.8) is 0 Å². The molecule has 0 spiro atoms. The van der Waals surface area contributed by atoms with Crippen LogP contribution in [0.5, 0.6) is 0 Å². The molecule has 19 heavy (non-hydrogen) atoms. The summed E-state index contributed by atoms with van der Waals surface area (Å²) in [5.74, 6) is -0.0536. The van der Waals surface area contributed by atoms with Crippen LogP contribution in [0.15, 0.2) is 23.1 Å². The van der Waals surface area contributed by atoms with Gasteiger partial charge in [-0.1, -0.05) is 0 Å². The zero-order valence-electron chi connectivity index (χ0n) is 10.8. The quantitative estimate of drug-likeness (QED) is 0.773. The molecule has 0 unspecified atom stereocenters. The molecule has 2 rings (SSSR count). The summed E-state index contributed by atoms with van der Waals surface area (Å²) in [6.07, 6.45) is 2.36. The average Bonchev–Trinajstić information content (AvgIpc) is 2.65. The second kappa shape index (κ2) is 6.49. The molecule has 1 amide bonds. The van der Waals surface area contributed by atoms with E-state index in [1.807, 2.05) is 0 Å². The fourth-order valence-electron chi connectivity index (χ4n) is 2.27. The van der Waals surface area contributed by atoms with Crippen molar-refractivity contribution in [2.75, 3.05) is 39.3 Å². The minimum Gasteiger partial charge on any atom is -0.395 e. The van der Waals surface area contributed by atoms with Crippen molar-refractivity contribution in [3.05, 3.63) is 34.2 Å². The number of aliphatic hydroxyl groups is 1. The Morgan fingerprint density at radius 1 is 1.26 bits per heavy atom. The van der Waals surface area contributed by atoms with Crippen LogP contribution in [0, 0.1) is 0 Å². The summed E-state index contributed by atoms with van der Waals surface area (Å²) in [6.45, 7) is 3.83. The minimum atomic E-state index is -0.207. The van der Waals surface area contributed by atoms with E-state index in [2.05, 4.69) is 9.88 Å². The van der Waals surface area contributed by atoms with Crippen molar-refractivity contribution in [3.8, 4) is 0 Å². The summed E-state index contributed by atoms with van der Waals surface area (Å²) in [4.78, 5) is 29.7. The third-order valence-electron chi connectivity index (χ3n) is 3.32. The lowest BCUT2D eigenvalue weighted by Gasteiger charge is -2.21. The number of aliphatic hydroxyl groups excluding tert-OH is 1. The van der Waals surface area contributed by atoms with E-state index in [0.29, 0.717) is 25.2 Å². The number of β-amino-alcohol motifs (C(OH)–C–C–N with tert-alkyl or cyclic N) is 1. The number of pyridine rings is 1. The van der Waals surface area contributed by atoms with Gasteiger partial charge in [0.2, 0.25) is 5.56 Å². The van der Waals surface area contributed by atoms with E-state index >= 15 is 0 Å². The Labute approximate surface area is 111 Å². The number of H-pyrrole nitrogens is 1. The van der Waals surface area contributed by atoms with E-state index in [-0.39, 0.29) is 18.1 Å². The highest BCUT2D eigenvalue weighted by Crippen LogP contribution is 2.07. The first kappa shape index (κ1) is 13.8. The molecule has 1 aromatic heterocycles. The Hall–Kier alpha value is -1.66. The third-order valence-corrected chi connectivity index (χ3v) is 3.32. The van der Waals surface area contributed by atoms with Crippen molar-refractivity contribution in [1.29, 1.82) is 0 Å². The van der Waals surface area contributed by atoms with Crippen LogP contribution in [0.4, 0.5) is 0 Å². The first-order valence-electron chi connectivity index (χ1n) is 6.52. The predicted molar refractivity (Wildman–Crippen MR) is 71.1 cm³/mol. The minimum absolute atomic E-state index is 0.0536. The van der Waals surface area contributed by atoms with Gasteiger partial charge < -0.3 is 15.0 Å². The number of aromatic amines is 1. The molecule has 2 N–H and O–H groups in total. The number of carbonyl (C=O) groups is 1. The van der Waals surface area contributed by atoms with E-state index in [9.17, 15) is 9.59 Å². The van der Waals surface area contributed by atoms with Gasteiger partial charge in [0.1, 0.15) is 0 Å². The Kier molecular flexibility index (Phi) is 4.70. The number of carbonyl (C=O) groups excluding carboxylic acids is 1. The van der Waals surface area contributed by atoms with Crippen LogP contribution in [0.25, 0.3) is 0 Å². The molecule has 1 fully saturated rings. The van der Waals surface area contributed by atoms with Gasteiger partial charge >= 0.3 is 0 Å². The first-order valence-corrected chi connectivity index (χ1v) is 6.52. The largest absolute Gasteiger partial charge is 0.395 e. The van der Waals surface area contributed by atoms with E-state index in [0.717, 1.165) is 19.5 Å². The lowest BCUT2D eigenvalue weighted by Crippen LogP contribution is -2.36. The number of hydrogen-bond acceptors (Lipinski definition) is 4. The van der Waals surface area contributed by atoms with Gasteiger partial charge in [-0.15, -0.1) is 0 Å². The lowest BCUT2D eigenvalue weighted by atomic mass is 10.2. The number of amides is 1. The topological polar surface area (TPSA) is 76.6 Å². The number of aromatic nitrogens is 1. The van der Waals surface area contributed by atoms with Gasteiger partial charge in [0.25, 0.3) is 5.91 Å².